The zero-order valence-electron chi connectivity index (χ0n) is 9.71. The van der Waals surface area contributed by atoms with Gasteiger partial charge in [0.25, 0.3) is 0 Å². The SMILES string of the molecule is C#CCCS(=O)(=O)c1ccc(OC)c(C(=O)O)c1. The van der Waals surface area contributed by atoms with Crippen LogP contribution in [0.1, 0.15) is 16.8 Å². The van der Waals surface area contributed by atoms with Crippen molar-refractivity contribution in [2.45, 2.75) is 11.3 Å². The minimum atomic E-state index is -3.56. The average Bonchev–Trinajstić information content (AvgIpc) is 2.35. The van der Waals surface area contributed by atoms with Crippen LogP contribution >= 0.6 is 0 Å². The van der Waals surface area contributed by atoms with E-state index < -0.39 is 15.8 Å². The Morgan fingerprint density at radius 3 is 2.67 bits per heavy atom. The number of hydrogen-bond acceptors (Lipinski definition) is 4. The molecular weight excluding hydrogens is 256 g/mol. The molecule has 0 atom stereocenters. The second-order valence-electron chi connectivity index (χ2n) is 3.44. The maximum Gasteiger partial charge on any atom is 0.339 e. The van der Waals surface area contributed by atoms with Crippen molar-refractivity contribution in [3.8, 4) is 18.1 Å². The topological polar surface area (TPSA) is 80.7 Å². The quantitative estimate of drug-likeness (QED) is 0.811. The molecule has 0 saturated heterocycles. The van der Waals surface area contributed by atoms with E-state index in [9.17, 15) is 13.2 Å². The average molecular weight is 268 g/mol. The number of sulfone groups is 1. The third kappa shape index (κ3) is 3.02. The summed E-state index contributed by atoms with van der Waals surface area (Å²) in [6.07, 6.45) is 5.09. The molecule has 0 fully saturated rings. The van der Waals surface area contributed by atoms with Gasteiger partial charge in [0.1, 0.15) is 11.3 Å². The number of rotatable bonds is 5. The Hall–Kier alpha value is -2.00. The van der Waals surface area contributed by atoms with Gasteiger partial charge in [-0.2, -0.15) is 0 Å². The lowest BCUT2D eigenvalue weighted by Gasteiger charge is -2.07. The van der Waals surface area contributed by atoms with E-state index in [1.165, 1.54) is 19.2 Å². The van der Waals surface area contributed by atoms with Gasteiger partial charge in [-0.15, -0.1) is 12.3 Å². The smallest absolute Gasteiger partial charge is 0.339 e. The van der Waals surface area contributed by atoms with Crippen LogP contribution in [-0.2, 0) is 9.84 Å². The molecule has 0 spiro atoms. The first-order valence-electron chi connectivity index (χ1n) is 5.00. The molecule has 0 radical (unpaired) electrons. The van der Waals surface area contributed by atoms with Crippen LogP contribution in [0.3, 0.4) is 0 Å². The van der Waals surface area contributed by atoms with Gasteiger partial charge in [-0.25, -0.2) is 13.2 Å². The number of carboxylic acid groups (broad SMARTS) is 1. The van der Waals surface area contributed by atoms with Crippen molar-refractivity contribution < 1.29 is 23.1 Å². The van der Waals surface area contributed by atoms with Gasteiger partial charge in [0.15, 0.2) is 9.84 Å². The van der Waals surface area contributed by atoms with Crippen molar-refractivity contribution in [2.75, 3.05) is 12.9 Å². The molecule has 0 aliphatic carbocycles. The normalized spacial score (nSPS) is 10.7. The predicted octanol–water partition coefficient (Wildman–Crippen LogP) is 1.19. The Labute approximate surface area is 105 Å². The van der Waals surface area contributed by atoms with E-state index >= 15 is 0 Å². The van der Waals surface area contributed by atoms with Crippen LogP contribution in [0.2, 0.25) is 0 Å². The summed E-state index contributed by atoms with van der Waals surface area (Å²) in [6.45, 7) is 0. The highest BCUT2D eigenvalue weighted by atomic mass is 32.2. The van der Waals surface area contributed by atoms with Crippen molar-refractivity contribution in [1.82, 2.24) is 0 Å². The van der Waals surface area contributed by atoms with Gasteiger partial charge in [0.05, 0.1) is 17.8 Å². The number of ether oxygens (including phenoxy) is 1. The summed E-state index contributed by atoms with van der Waals surface area (Å²) in [6, 6.07) is 3.69. The number of carboxylic acids is 1. The summed E-state index contributed by atoms with van der Waals surface area (Å²) in [7, 11) is -2.25. The molecule has 0 amide bonds. The Morgan fingerprint density at radius 1 is 1.50 bits per heavy atom. The maximum atomic E-state index is 11.8. The van der Waals surface area contributed by atoms with E-state index in [1.54, 1.807) is 0 Å². The highest BCUT2D eigenvalue weighted by Gasteiger charge is 2.18. The van der Waals surface area contributed by atoms with Gasteiger partial charge in [-0.3, -0.25) is 0 Å². The van der Waals surface area contributed by atoms with Crippen LogP contribution in [0.25, 0.3) is 0 Å². The molecular formula is C12H12O5S. The fourth-order valence-corrected chi connectivity index (χ4v) is 2.55. The van der Waals surface area contributed by atoms with Crippen molar-refractivity contribution in [2.24, 2.45) is 0 Å². The van der Waals surface area contributed by atoms with Gasteiger partial charge in [0.2, 0.25) is 0 Å². The number of benzene rings is 1. The zero-order valence-corrected chi connectivity index (χ0v) is 10.5. The lowest BCUT2D eigenvalue weighted by molar-refractivity contribution is 0.0693. The fraction of sp³-hybridized carbons (Fsp3) is 0.250. The van der Waals surface area contributed by atoms with Crippen molar-refractivity contribution in [3.05, 3.63) is 23.8 Å². The number of terminal acetylenes is 1. The molecule has 1 N–H and O–H groups in total. The molecule has 0 heterocycles. The standard InChI is InChI=1S/C12H12O5S/c1-3-4-7-18(15,16)9-5-6-11(17-2)10(8-9)12(13)14/h1,5-6,8H,4,7H2,2H3,(H,13,14). The van der Waals surface area contributed by atoms with E-state index in [0.717, 1.165) is 6.07 Å². The molecule has 0 bridgehead atoms. The summed E-state index contributed by atoms with van der Waals surface area (Å²) >= 11 is 0. The van der Waals surface area contributed by atoms with Gasteiger partial charge in [-0.05, 0) is 18.2 Å². The highest BCUT2D eigenvalue weighted by Crippen LogP contribution is 2.23. The second kappa shape index (κ2) is 5.56. The third-order valence-electron chi connectivity index (χ3n) is 2.28. The maximum absolute atomic E-state index is 11.8. The lowest BCUT2D eigenvalue weighted by atomic mass is 10.2. The first kappa shape index (κ1) is 14.1. The highest BCUT2D eigenvalue weighted by molar-refractivity contribution is 7.91. The molecule has 1 rings (SSSR count). The summed E-state index contributed by atoms with van der Waals surface area (Å²) in [5.74, 6) is 0.880. The molecule has 0 saturated carbocycles. The Kier molecular flexibility index (Phi) is 4.34. The molecule has 18 heavy (non-hydrogen) atoms. The predicted molar refractivity (Wildman–Crippen MR) is 65.5 cm³/mol. The summed E-state index contributed by atoms with van der Waals surface area (Å²) in [5, 5.41) is 8.96. The van der Waals surface area contributed by atoms with Gasteiger partial charge >= 0.3 is 5.97 Å². The van der Waals surface area contributed by atoms with Gasteiger partial charge in [0, 0.05) is 6.42 Å². The van der Waals surface area contributed by atoms with Crippen molar-refractivity contribution >= 4 is 15.8 Å². The van der Waals surface area contributed by atoms with Gasteiger partial charge in [-0.1, -0.05) is 0 Å². The monoisotopic (exact) mass is 268 g/mol. The molecule has 6 heteroatoms. The van der Waals surface area contributed by atoms with Crippen LogP contribution in [-0.4, -0.2) is 32.4 Å². The van der Waals surface area contributed by atoms with Crippen LogP contribution < -0.4 is 4.74 Å². The number of hydrogen-bond donors (Lipinski definition) is 1. The molecule has 96 valence electrons. The van der Waals surface area contributed by atoms with E-state index in [4.69, 9.17) is 16.3 Å². The molecule has 1 aromatic carbocycles. The number of methoxy groups -OCH3 is 1. The molecule has 1 aromatic rings. The Morgan fingerprint density at radius 2 is 2.17 bits per heavy atom. The molecule has 5 nitrogen and oxygen atoms in total. The van der Waals surface area contributed by atoms with Crippen LogP contribution in [0, 0.1) is 12.3 Å². The summed E-state index contributed by atoms with van der Waals surface area (Å²) in [5.41, 5.74) is -0.195. The minimum absolute atomic E-state index is 0.0732. The van der Waals surface area contributed by atoms with E-state index in [0.29, 0.717) is 0 Å². The van der Waals surface area contributed by atoms with E-state index in [2.05, 4.69) is 5.92 Å². The first-order valence-corrected chi connectivity index (χ1v) is 6.65. The number of carbonyl (C=O) groups is 1. The Balaban J connectivity index is 3.25. The summed E-state index contributed by atoms with van der Waals surface area (Å²) in [4.78, 5) is 10.9. The molecule has 0 aromatic heterocycles. The third-order valence-corrected chi connectivity index (χ3v) is 3.99. The van der Waals surface area contributed by atoms with Crippen molar-refractivity contribution in [3.63, 3.8) is 0 Å². The van der Waals surface area contributed by atoms with Crippen LogP contribution in [0.5, 0.6) is 5.75 Å². The lowest BCUT2D eigenvalue weighted by Crippen LogP contribution is -2.09. The van der Waals surface area contributed by atoms with E-state index in [1.807, 2.05) is 0 Å². The van der Waals surface area contributed by atoms with Crippen LogP contribution in [0.4, 0.5) is 0 Å². The zero-order chi connectivity index (χ0) is 13.8. The van der Waals surface area contributed by atoms with Crippen molar-refractivity contribution in [1.29, 1.82) is 0 Å². The first-order chi connectivity index (χ1) is 8.42. The fourth-order valence-electron chi connectivity index (χ4n) is 1.36. The van der Waals surface area contributed by atoms with Crippen LogP contribution in [0.15, 0.2) is 23.1 Å². The molecule has 0 unspecified atom stereocenters. The van der Waals surface area contributed by atoms with Gasteiger partial charge < -0.3 is 9.84 Å². The summed E-state index contributed by atoms with van der Waals surface area (Å²) < 4.78 is 28.5. The molecule has 0 aliphatic rings. The number of aromatic carboxylic acids is 1. The Bertz CT molecular complexity index is 595. The second-order valence-corrected chi connectivity index (χ2v) is 5.55. The van der Waals surface area contributed by atoms with E-state index in [-0.39, 0.29) is 28.4 Å². The largest absolute Gasteiger partial charge is 0.496 e. The molecule has 0 aliphatic heterocycles. The minimum Gasteiger partial charge on any atom is -0.496 e.